The highest BCUT2D eigenvalue weighted by Gasteiger charge is 2.78. The third kappa shape index (κ3) is 0.823. The molecule has 0 aromatic heterocycles. The summed E-state index contributed by atoms with van der Waals surface area (Å²) in [4.78, 5) is 0. The Kier molecular flexibility index (Phi) is 1.47. The van der Waals surface area contributed by atoms with Crippen LogP contribution in [0, 0.1) is 23.2 Å². The predicted molar refractivity (Wildman–Crippen MR) is 52.4 cm³/mol. The van der Waals surface area contributed by atoms with Crippen molar-refractivity contribution in [1.82, 2.24) is 0 Å². The fourth-order valence-corrected chi connectivity index (χ4v) is 4.43. The molecule has 0 aromatic carbocycles. The van der Waals surface area contributed by atoms with E-state index in [2.05, 4.69) is 20.8 Å². The van der Waals surface area contributed by atoms with Gasteiger partial charge >= 0.3 is 0 Å². The summed E-state index contributed by atoms with van der Waals surface area (Å²) in [6.07, 6.45) is 5.44. The van der Waals surface area contributed by atoms with Crippen LogP contribution in [-0.4, -0.2) is 12.2 Å². The molecule has 0 N–H and O–H groups in total. The molecular formula is C12H20O. The summed E-state index contributed by atoms with van der Waals surface area (Å²) in [5.41, 5.74) is 0.768. The minimum Gasteiger partial charge on any atom is -0.375 e. The van der Waals surface area contributed by atoms with E-state index in [1.54, 1.807) is 0 Å². The molecule has 74 valence electrons. The molecule has 4 rings (SSSR count). The van der Waals surface area contributed by atoms with E-state index in [0.717, 1.165) is 23.2 Å². The second-order valence-corrected chi connectivity index (χ2v) is 5.57. The molecule has 0 aromatic rings. The van der Waals surface area contributed by atoms with Crippen LogP contribution in [0.25, 0.3) is 0 Å². The topological polar surface area (TPSA) is 9.23 Å². The number of rotatable bonds is 3. The molecule has 4 saturated carbocycles. The zero-order valence-electron chi connectivity index (χ0n) is 8.92. The zero-order valence-corrected chi connectivity index (χ0v) is 8.92. The van der Waals surface area contributed by atoms with Crippen LogP contribution >= 0.6 is 0 Å². The lowest BCUT2D eigenvalue weighted by Gasteiger charge is -2.18. The zero-order chi connectivity index (χ0) is 9.22. The second-order valence-electron chi connectivity index (χ2n) is 5.57. The Hall–Kier alpha value is -0.0400. The van der Waals surface area contributed by atoms with Gasteiger partial charge in [-0.05, 0) is 56.3 Å². The van der Waals surface area contributed by atoms with Gasteiger partial charge in [0.25, 0.3) is 0 Å². The van der Waals surface area contributed by atoms with Gasteiger partial charge in [0, 0.05) is 0 Å². The fourth-order valence-electron chi connectivity index (χ4n) is 4.43. The Balaban J connectivity index is 1.76. The first-order valence-corrected chi connectivity index (χ1v) is 5.84. The standard InChI is InChI=1S/C12H20O/c1-4-12-6-8-5-9(12)10(12)11(8)13-7(2)3/h7-11H,4-6H2,1-3H3. The van der Waals surface area contributed by atoms with E-state index in [0.29, 0.717) is 12.2 Å². The van der Waals surface area contributed by atoms with Crippen LogP contribution < -0.4 is 0 Å². The van der Waals surface area contributed by atoms with Crippen molar-refractivity contribution in [2.75, 3.05) is 0 Å². The van der Waals surface area contributed by atoms with Crippen LogP contribution in [0.5, 0.6) is 0 Å². The summed E-state index contributed by atoms with van der Waals surface area (Å²) in [5.74, 6) is 2.95. The first-order valence-electron chi connectivity index (χ1n) is 5.84. The summed E-state index contributed by atoms with van der Waals surface area (Å²) in [6.45, 7) is 6.71. The smallest absolute Gasteiger partial charge is 0.0643 e. The molecule has 4 bridgehead atoms. The Morgan fingerprint density at radius 3 is 2.69 bits per heavy atom. The molecule has 1 heteroatoms. The van der Waals surface area contributed by atoms with Crippen LogP contribution in [0.1, 0.15) is 40.0 Å². The highest BCUT2D eigenvalue weighted by molar-refractivity contribution is 5.26. The molecule has 5 atom stereocenters. The van der Waals surface area contributed by atoms with Gasteiger partial charge in [0.05, 0.1) is 12.2 Å². The first-order chi connectivity index (χ1) is 6.19. The van der Waals surface area contributed by atoms with Crippen LogP contribution in [0.2, 0.25) is 0 Å². The third-order valence-corrected chi connectivity index (χ3v) is 4.83. The Morgan fingerprint density at radius 2 is 2.23 bits per heavy atom. The maximum Gasteiger partial charge on any atom is 0.0643 e. The van der Waals surface area contributed by atoms with Crippen molar-refractivity contribution < 1.29 is 4.74 Å². The van der Waals surface area contributed by atoms with Gasteiger partial charge in [-0.25, -0.2) is 0 Å². The average Bonchev–Trinajstić information content (AvgIpc) is 2.48. The summed E-state index contributed by atoms with van der Waals surface area (Å²) in [7, 11) is 0. The maximum atomic E-state index is 6.05. The Bertz CT molecular complexity index is 235. The SMILES string of the molecule is CCC12CC3CC1C2C3OC(C)C. The molecular weight excluding hydrogens is 160 g/mol. The summed E-state index contributed by atoms with van der Waals surface area (Å²) in [5, 5.41) is 0. The number of hydrogen-bond acceptors (Lipinski definition) is 1. The largest absolute Gasteiger partial charge is 0.375 e. The van der Waals surface area contributed by atoms with Gasteiger partial charge in [-0.3, -0.25) is 0 Å². The molecule has 5 unspecified atom stereocenters. The van der Waals surface area contributed by atoms with Crippen LogP contribution in [0.3, 0.4) is 0 Å². The molecule has 0 amide bonds. The average molecular weight is 180 g/mol. The second kappa shape index (κ2) is 2.31. The normalized spacial score (nSPS) is 56.3. The molecule has 1 nitrogen and oxygen atoms in total. The van der Waals surface area contributed by atoms with Crippen molar-refractivity contribution in [1.29, 1.82) is 0 Å². The minimum atomic E-state index is 0.430. The van der Waals surface area contributed by atoms with E-state index in [4.69, 9.17) is 4.74 Å². The van der Waals surface area contributed by atoms with Gasteiger partial charge in [0.15, 0.2) is 0 Å². The van der Waals surface area contributed by atoms with Crippen molar-refractivity contribution >= 4 is 0 Å². The first kappa shape index (κ1) is 8.28. The van der Waals surface area contributed by atoms with Gasteiger partial charge in [-0.15, -0.1) is 0 Å². The van der Waals surface area contributed by atoms with Crippen LogP contribution in [0.15, 0.2) is 0 Å². The van der Waals surface area contributed by atoms with Gasteiger partial charge in [0.1, 0.15) is 0 Å². The Labute approximate surface area is 80.8 Å². The third-order valence-electron chi connectivity index (χ3n) is 4.83. The summed E-state index contributed by atoms with van der Waals surface area (Å²) in [6, 6.07) is 0. The van der Waals surface area contributed by atoms with E-state index < -0.39 is 0 Å². The number of hydrogen-bond donors (Lipinski definition) is 0. The van der Waals surface area contributed by atoms with Crippen molar-refractivity contribution in [2.24, 2.45) is 23.2 Å². The molecule has 0 heterocycles. The summed E-state index contributed by atoms with van der Waals surface area (Å²) < 4.78 is 6.05. The van der Waals surface area contributed by atoms with E-state index >= 15 is 0 Å². The maximum absolute atomic E-state index is 6.05. The lowest BCUT2D eigenvalue weighted by atomic mass is 10.0. The molecule has 4 aliphatic carbocycles. The molecule has 0 saturated heterocycles. The number of ether oxygens (including phenoxy) is 1. The molecule has 13 heavy (non-hydrogen) atoms. The molecule has 0 radical (unpaired) electrons. The van der Waals surface area contributed by atoms with Gasteiger partial charge in [-0.1, -0.05) is 6.92 Å². The fraction of sp³-hybridized carbons (Fsp3) is 1.00. The van der Waals surface area contributed by atoms with Crippen LogP contribution in [-0.2, 0) is 4.74 Å². The Morgan fingerprint density at radius 1 is 1.46 bits per heavy atom. The molecule has 4 fully saturated rings. The van der Waals surface area contributed by atoms with Crippen molar-refractivity contribution in [3.05, 3.63) is 0 Å². The van der Waals surface area contributed by atoms with E-state index in [1.165, 1.54) is 19.3 Å². The van der Waals surface area contributed by atoms with Crippen LogP contribution in [0.4, 0.5) is 0 Å². The van der Waals surface area contributed by atoms with E-state index in [9.17, 15) is 0 Å². The van der Waals surface area contributed by atoms with Gasteiger partial charge < -0.3 is 4.74 Å². The lowest BCUT2D eigenvalue weighted by Crippen LogP contribution is -2.21. The van der Waals surface area contributed by atoms with E-state index in [-0.39, 0.29) is 0 Å². The van der Waals surface area contributed by atoms with Gasteiger partial charge in [-0.2, -0.15) is 0 Å². The summed E-state index contributed by atoms with van der Waals surface area (Å²) >= 11 is 0. The molecule has 0 spiro atoms. The highest BCUT2D eigenvalue weighted by atomic mass is 16.5. The van der Waals surface area contributed by atoms with Crippen molar-refractivity contribution in [3.8, 4) is 0 Å². The van der Waals surface area contributed by atoms with Crippen molar-refractivity contribution in [3.63, 3.8) is 0 Å². The van der Waals surface area contributed by atoms with Gasteiger partial charge in [0.2, 0.25) is 0 Å². The quantitative estimate of drug-likeness (QED) is 0.649. The van der Waals surface area contributed by atoms with Crippen molar-refractivity contribution in [2.45, 2.75) is 52.2 Å². The molecule has 0 aliphatic heterocycles. The van der Waals surface area contributed by atoms with E-state index in [1.807, 2.05) is 0 Å². The minimum absolute atomic E-state index is 0.430. The molecule has 4 aliphatic rings. The highest BCUT2D eigenvalue weighted by Crippen LogP contribution is 2.80. The lowest BCUT2D eigenvalue weighted by molar-refractivity contribution is -0.0142. The predicted octanol–water partition coefficient (Wildman–Crippen LogP) is 2.85. The monoisotopic (exact) mass is 180 g/mol.